The van der Waals surface area contributed by atoms with Gasteiger partial charge >= 0.3 is 0 Å². The number of carbonyl (C=O) groups is 1. The van der Waals surface area contributed by atoms with E-state index in [0.29, 0.717) is 6.42 Å². The summed E-state index contributed by atoms with van der Waals surface area (Å²) in [5.41, 5.74) is 1.01. The zero-order chi connectivity index (χ0) is 11.3. The van der Waals surface area contributed by atoms with E-state index in [4.69, 9.17) is 0 Å². The van der Waals surface area contributed by atoms with Crippen molar-refractivity contribution in [3.63, 3.8) is 0 Å². The number of hydrogen-bond donors (Lipinski definition) is 0. The molecule has 4 nitrogen and oxygen atoms in total. The fraction of sp³-hybridized carbons (Fsp3) is 0.300. The number of nitrogens with zero attached hydrogens (tertiary/aromatic N) is 1. The Morgan fingerprint density at radius 2 is 1.93 bits per heavy atom. The van der Waals surface area contributed by atoms with Crippen LogP contribution in [0.1, 0.15) is 12.0 Å². The number of nitro groups is 1. The lowest BCUT2D eigenvalue weighted by atomic mass is 10.1. The fourth-order valence-corrected chi connectivity index (χ4v) is 1.42. The van der Waals surface area contributed by atoms with Gasteiger partial charge in [0, 0.05) is 15.8 Å². The molecule has 0 amide bonds. The van der Waals surface area contributed by atoms with Crippen LogP contribution in [0.2, 0.25) is 0 Å². The average Bonchev–Trinajstić information content (AvgIpc) is 2.16. The van der Waals surface area contributed by atoms with E-state index < -0.39 is 11.5 Å². The molecule has 0 heterocycles. The number of hydrogen-bond acceptors (Lipinski definition) is 3. The van der Waals surface area contributed by atoms with Gasteiger partial charge in [-0.05, 0) is 24.1 Å². The van der Waals surface area contributed by atoms with E-state index in [-0.39, 0.29) is 12.2 Å². The molecule has 0 saturated heterocycles. The molecule has 0 saturated carbocycles. The second-order valence-corrected chi connectivity index (χ2v) is 4.07. The van der Waals surface area contributed by atoms with Crippen LogP contribution in [0.15, 0.2) is 28.7 Å². The van der Waals surface area contributed by atoms with Gasteiger partial charge in [0.25, 0.3) is 6.54 Å². The Balaban J connectivity index is 2.40. The highest BCUT2D eigenvalue weighted by atomic mass is 79.9. The third kappa shape index (κ3) is 4.69. The van der Waals surface area contributed by atoms with Gasteiger partial charge in [0.15, 0.2) is 0 Å². The van der Waals surface area contributed by atoms with Gasteiger partial charge in [0.2, 0.25) is 5.78 Å². The Kier molecular flexibility index (Phi) is 4.42. The predicted molar refractivity (Wildman–Crippen MR) is 59.3 cm³/mol. The quantitative estimate of drug-likeness (QED) is 0.610. The zero-order valence-electron chi connectivity index (χ0n) is 7.98. The molecule has 0 bridgehead atoms. The van der Waals surface area contributed by atoms with Crippen molar-refractivity contribution >= 4 is 21.7 Å². The molecule has 1 rings (SSSR count). The second kappa shape index (κ2) is 5.60. The molecule has 1 aromatic carbocycles. The van der Waals surface area contributed by atoms with Crippen molar-refractivity contribution in [2.45, 2.75) is 12.8 Å². The van der Waals surface area contributed by atoms with Crippen molar-refractivity contribution in [1.29, 1.82) is 0 Å². The normalized spacial score (nSPS) is 9.93. The average molecular weight is 272 g/mol. The maximum Gasteiger partial charge on any atom is 0.261 e. The number of halogens is 1. The lowest BCUT2D eigenvalue weighted by molar-refractivity contribution is -0.467. The molecule has 15 heavy (non-hydrogen) atoms. The van der Waals surface area contributed by atoms with Crippen molar-refractivity contribution in [3.8, 4) is 0 Å². The summed E-state index contributed by atoms with van der Waals surface area (Å²) in [7, 11) is 0. The van der Waals surface area contributed by atoms with Crippen molar-refractivity contribution in [2.75, 3.05) is 6.54 Å². The van der Waals surface area contributed by atoms with Gasteiger partial charge in [0.1, 0.15) is 0 Å². The van der Waals surface area contributed by atoms with E-state index in [1.165, 1.54) is 0 Å². The number of ketones is 1. The third-order valence-electron chi connectivity index (χ3n) is 1.91. The Labute approximate surface area is 95.6 Å². The van der Waals surface area contributed by atoms with Crippen LogP contribution in [0.5, 0.6) is 0 Å². The number of benzene rings is 1. The summed E-state index contributed by atoms with van der Waals surface area (Å²) in [4.78, 5) is 20.5. The maximum absolute atomic E-state index is 11.0. The lowest BCUT2D eigenvalue weighted by Crippen LogP contribution is -2.13. The predicted octanol–water partition coefficient (Wildman–Crippen LogP) is 2.23. The molecule has 0 radical (unpaired) electrons. The monoisotopic (exact) mass is 271 g/mol. The minimum absolute atomic E-state index is 0.225. The van der Waals surface area contributed by atoms with Gasteiger partial charge in [-0.3, -0.25) is 14.9 Å². The van der Waals surface area contributed by atoms with Gasteiger partial charge in [-0.25, -0.2) is 0 Å². The summed E-state index contributed by atoms with van der Waals surface area (Å²) in [6, 6.07) is 7.55. The van der Waals surface area contributed by atoms with E-state index in [2.05, 4.69) is 15.9 Å². The van der Waals surface area contributed by atoms with Gasteiger partial charge < -0.3 is 0 Å². The van der Waals surface area contributed by atoms with Crippen LogP contribution in [0, 0.1) is 10.1 Å². The molecule has 1 aromatic rings. The number of rotatable bonds is 5. The first-order valence-electron chi connectivity index (χ1n) is 4.46. The van der Waals surface area contributed by atoms with E-state index in [0.717, 1.165) is 10.0 Å². The van der Waals surface area contributed by atoms with Crippen molar-refractivity contribution in [3.05, 3.63) is 44.4 Å². The molecule has 0 fully saturated rings. The van der Waals surface area contributed by atoms with Gasteiger partial charge in [-0.2, -0.15) is 0 Å². The minimum atomic E-state index is -0.593. The van der Waals surface area contributed by atoms with E-state index >= 15 is 0 Å². The molecule has 0 aliphatic rings. The molecule has 0 aromatic heterocycles. The molecule has 0 atom stereocenters. The van der Waals surface area contributed by atoms with Gasteiger partial charge in [0.05, 0.1) is 0 Å². The molecule has 0 spiro atoms. The largest absolute Gasteiger partial charge is 0.292 e. The van der Waals surface area contributed by atoms with Crippen LogP contribution in [-0.2, 0) is 11.2 Å². The van der Waals surface area contributed by atoms with Gasteiger partial charge in [-0.1, -0.05) is 28.1 Å². The highest BCUT2D eigenvalue weighted by molar-refractivity contribution is 9.10. The van der Waals surface area contributed by atoms with Crippen LogP contribution >= 0.6 is 15.9 Å². The number of Topliss-reactive ketones (excluding diaryl/α,β-unsaturated/α-hetero) is 1. The molecule has 0 unspecified atom stereocenters. The Morgan fingerprint density at radius 3 is 2.47 bits per heavy atom. The zero-order valence-corrected chi connectivity index (χ0v) is 9.57. The first kappa shape index (κ1) is 11.8. The van der Waals surface area contributed by atoms with Crippen LogP contribution < -0.4 is 0 Å². The van der Waals surface area contributed by atoms with Gasteiger partial charge in [-0.15, -0.1) is 0 Å². The molecule has 80 valence electrons. The summed E-state index contributed by atoms with van der Waals surface area (Å²) in [5, 5.41) is 10.0. The summed E-state index contributed by atoms with van der Waals surface area (Å²) in [5.74, 6) is -0.331. The van der Waals surface area contributed by atoms with E-state index in [1.807, 2.05) is 24.3 Å². The summed E-state index contributed by atoms with van der Waals surface area (Å²) in [6.45, 7) is -0.573. The third-order valence-corrected chi connectivity index (χ3v) is 2.44. The fourth-order valence-electron chi connectivity index (χ4n) is 1.16. The summed E-state index contributed by atoms with van der Waals surface area (Å²) < 4.78 is 0.975. The van der Waals surface area contributed by atoms with Crippen molar-refractivity contribution in [2.24, 2.45) is 0 Å². The van der Waals surface area contributed by atoms with E-state index in [1.54, 1.807) is 0 Å². The number of aryl methyl sites for hydroxylation is 1. The molecular weight excluding hydrogens is 262 g/mol. The molecule has 0 aliphatic heterocycles. The molecular formula is C10H10BrNO3. The highest BCUT2D eigenvalue weighted by Crippen LogP contribution is 2.11. The smallest absolute Gasteiger partial charge is 0.261 e. The second-order valence-electron chi connectivity index (χ2n) is 3.16. The van der Waals surface area contributed by atoms with Crippen LogP contribution in [0.25, 0.3) is 0 Å². The standard InChI is InChI=1S/C10H10BrNO3/c11-9-4-1-8(2-5-9)3-6-10(13)7-12(14)15/h1-2,4-5H,3,6-7H2. The SMILES string of the molecule is O=C(CCc1ccc(Br)cc1)C[N+](=O)[O-]. The highest BCUT2D eigenvalue weighted by Gasteiger charge is 2.09. The van der Waals surface area contributed by atoms with Crippen LogP contribution in [0.4, 0.5) is 0 Å². The first-order valence-corrected chi connectivity index (χ1v) is 5.25. The molecule has 5 heteroatoms. The lowest BCUT2D eigenvalue weighted by Gasteiger charge is -1.99. The first-order chi connectivity index (χ1) is 7.08. The number of carbonyl (C=O) groups excluding carboxylic acids is 1. The maximum atomic E-state index is 11.0. The summed E-state index contributed by atoms with van der Waals surface area (Å²) in [6.07, 6.45) is 0.780. The van der Waals surface area contributed by atoms with Crippen LogP contribution in [0.3, 0.4) is 0 Å². The Hall–Kier alpha value is -1.23. The van der Waals surface area contributed by atoms with Crippen molar-refractivity contribution < 1.29 is 9.72 Å². The Morgan fingerprint density at radius 1 is 1.33 bits per heavy atom. The summed E-state index contributed by atoms with van der Waals surface area (Å²) >= 11 is 3.30. The van der Waals surface area contributed by atoms with Crippen molar-refractivity contribution in [1.82, 2.24) is 0 Å². The Bertz CT molecular complexity index is 361. The topological polar surface area (TPSA) is 60.2 Å². The van der Waals surface area contributed by atoms with E-state index in [9.17, 15) is 14.9 Å². The molecule has 0 N–H and O–H groups in total. The van der Waals surface area contributed by atoms with Crippen LogP contribution in [-0.4, -0.2) is 17.3 Å². The molecule has 0 aliphatic carbocycles. The minimum Gasteiger partial charge on any atom is -0.292 e.